The summed E-state index contributed by atoms with van der Waals surface area (Å²) in [6, 6.07) is 14.6. The fourth-order valence-corrected chi connectivity index (χ4v) is 3.17. The highest BCUT2D eigenvalue weighted by Crippen LogP contribution is 2.16. The highest BCUT2D eigenvalue weighted by atomic mass is 32.2. The molecule has 0 aliphatic heterocycles. The van der Waals surface area contributed by atoms with Crippen LogP contribution in [0, 0.1) is 0 Å². The number of benzene rings is 2. The van der Waals surface area contributed by atoms with Gasteiger partial charge < -0.3 is 14.6 Å². The number of hydrogen-bond donors (Lipinski definition) is 1. The van der Waals surface area contributed by atoms with E-state index in [1.54, 1.807) is 42.0 Å². The molecule has 6 nitrogen and oxygen atoms in total. The molecule has 0 atom stereocenters. The van der Waals surface area contributed by atoms with E-state index in [9.17, 15) is 9.59 Å². The summed E-state index contributed by atoms with van der Waals surface area (Å²) in [7, 11) is 1.59. The zero-order chi connectivity index (χ0) is 19.2. The SMILES string of the molecule is COCCN(Cc1nc2ccccc2c(=O)[nH]1)C(=O)c1ccc(SC)cc1. The second kappa shape index (κ2) is 8.83. The topological polar surface area (TPSA) is 75.3 Å². The van der Waals surface area contributed by atoms with Crippen LogP contribution >= 0.6 is 11.8 Å². The average molecular weight is 383 g/mol. The largest absolute Gasteiger partial charge is 0.383 e. The molecule has 0 saturated carbocycles. The predicted octanol–water partition coefficient (Wildman–Crippen LogP) is 2.93. The monoisotopic (exact) mass is 383 g/mol. The Morgan fingerprint density at radius 3 is 2.63 bits per heavy atom. The molecule has 1 heterocycles. The van der Waals surface area contributed by atoms with Crippen molar-refractivity contribution in [1.82, 2.24) is 14.9 Å². The van der Waals surface area contributed by atoms with Crippen LogP contribution in [-0.4, -0.2) is 47.3 Å². The lowest BCUT2D eigenvalue weighted by molar-refractivity contribution is 0.0675. The van der Waals surface area contributed by atoms with Crippen LogP contribution in [0.15, 0.2) is 58.2 Å². The van der Waals surface area contributed by atoms with Gasteiger partial charge in [0.2, 0.25) is 0 Å². The van der Waals surface area contributed by atoms with Crippen LogP contribution in [-0.2, 0) is 11.3 Å². The van der Waals surface area contributed by atoms with Gasteiger partial charge in [0, 0.05) is 24.1 Å². The standard InChI is InChI=1S/C20H21N3O3S/c1-26-12-11-23(20(25)14-7-9-15(27-2)10-8-14)13-18-21-17-6-4-3-5-16(17)19(24)22-18/h3-10H,11-13H2,1-2H3,(H,21,22,24). The van der Waals surface area contributed by atoms with Gasteiger partial charge in [0.05, 0.1) is 24.1 Å². The average Bonchev–Trinajstić information content (AvgIpc) is 2.70. The zero-order valence-corrected chi connectivity index (χ0v) is 16.1. The molecule has 140 valence electrons. The molecule has 0 bridgehead atoms. The lowest BCUT2D eigenvalue weighted by Crippen LogP contribution is -2.34. The highest BCUT2D eigenvalue weighted by molar-refractivity contribution is 7.98. The number of nitrogens with zero attached hydrogens (tertiary/aromatic N) is 2. The van der Waals surface area contributed by atoms with Gasteiger partial charge in [0.25, 0.3) is 11.5 Å². The van der Waals surface area contributed by atoms with Crippen LogP contribution in [0.25, 0.3) is 10.9 Å². The van der Waals surface area contributed by atoms with E-state index in [-0.39, 0.29) is 18.0 Å². The van der Waals surface area contributed by atoms with Crippen molar-refractivity contribution in [2.24, 2.45) is 0 Å². The summed E-state index contributed by atoms with van der Waals surface area (Å²) in [5.74, 6) is 0.319. The predicted molar refractivity (Wildman–Crippen MR) is 107 cm³/mol. The van der Waals surface area contributed by atoms with E-state index >= 15 is 0 Å². The molecule has 3 rings (SSSR count). The van der Waals surface area contributed by atoms with E-state index in [0.29, 0.717) is 35.4 Å². The number of H-pyrrole nitrogens is 1. The molecule has 0 aliphatic carbocycles. The third-order valence-electron chi connectivity index (χ3n) is 4.19. The molecule has 0 saturated heterocycles. The first-order valence-corrected chi connectivity index (χ1v) is 9.75. The van der Waals surface area contributed by atoms with Crippen molar-refractivity contribution in [2.45, 2.75) is 11.4 Å². The number of methoxy groups -OCH3 is 1. The summed E-state index contributed by atoms with van der Waals surface area (Å²) in [6.07, 6.45) is 1.99. The van der Waals surface area contributed by atoms with Gasteiger partial charge in [-0.1, -0.05) is 12.1 Å². The van der Waals surface area contributed by atoms with Crippen molar-refractivity contribution in [2.75, 3.05) is 26.5 Å². The quantitative estimate of drug-likeness (QED) is 0.635. The maximum Gasteiger partial charge on any atom is 0.258 e. The summed E-state index contributed by atoms with van der Waals surface area (Å²) >= 11 is 1.62. The number of thioether (sulfide) groups is 1. The van der Waals surface area contributed by atoms with Gasteiger partial charge >= 0.3 is 0 Å². The third kappa shape index (κ3) is 4.56. The molecule has 2 aromatic carbocycles. The van der Waals surface area contributed by atoms with Crippen LogP contribution in [0.5, 0.6) is 0 Å². The Balaban J connectivity index is 1.88. The van der Waals surface area contributed by atoms with E-state index in [1.807, 2.05) is 36.6 Å². The Labute approximate surface area is 161 Å². The number of para-hydroxylation sites is 1. The molecule has 7 heteroatoms. The second-order valence-electron chi connectivity index (χ2n) is 5.98. The van der Waals surface area contributed by atoms with Crippen molar-refractivity contribution >= 4 is 28.6 Å². The molecule has 0 unspecified atom stereocenters. The summed E-state index contributed by atoms with van der Waals surface area (Å²) in [4.78, 5) is 35.2. The molecule has 0 spiro atoms. The van der Waals surface area contributed by atoms with Crippen molar-refractivity contribution in [3.63, 3.8) is 0 Å². The summed E-state index contributed by atoms with van der Waals surface area (Å²) in [6.45, 7) is 0.995. The number of aromatic nitrogens is 2. The lowest BCUT2D eigenvalue weighted by atomic mass is 10.2. The third-order valence-corrected chi connectivity index (χ3v) is 4.94. The van der Waals surface area contributed by atoms with Crippen molar-refractivity contribution in [1.29, 1.82) is 0 Å². The first kappa shape index (κ1) is 19.1. The van der Waals surface area contributed by atoms with Gasteiger partial charge in [-0.05, 0) is 42.7 Å². The molecule has 1 amide bonds. The second-order valence-corrected chi connectivity index (χ2v) is 6.86. The highest BCUT2D eigenvalue weighted by Gasteiger charge is 2.17. The first-order chi connectivity index (χ1) is 13.1. The van der Waals surface area contributed by atoms with Crippen LogP contribution in [0.4, 0.5) is 0 Å². The molecule has 3 aromatic rings. The normalized spacial score (nSPS) is 10.9. The number of rotatable bonds is 7. The molecular formula is C20H21N3O3S. The van der Waals surface area contributed by atoms with Gasteiger partial charge in [-0.2, -0.15) is 0 Å². The van der Waals surface area contributed by atoms with E-state index in [0.717, 1.165) is 4.90 Å². The fraction of sp³-hybridized carbons (Fsp3) is 0.250. The van der Waals surface area contributed by atoms with E-state index in [1.165, 1.54) is 0 Å². The number of amides is 1. The Kier molecular flexibility index (Phi) is 6.26. The van der Waals surface area contributed by atoms with Crippen LogP contribution < -0.4 is 5.56 Å². The number of carbonyl (C=O) groups excluding carboxylic acids is 1. The number of aromatic amines is 1. The van der Waals surface area contributed by atoms with Crippen molar-refractivity contribution in [3.05, 3.63) is 70.3 Å². The number of fused-ring (bicyclic) bond motifs is 1. The molecule has 1 N–H and O–H groups in total. The van der Waals surface area contributed by atoms with Crippen LogP contribution in [0.2, 0.25) is 0 Å². The minimum absolute atomic E-state index is 0.129. The van der Waals surface area contributed by atoms with Gasteiger partial charge in [0.15, 0.2) is 0 Å². The van der Waals surface area contributed by atoms with Crippen molar-refractivity contribution in [3.8, 4) is 0 Å². The molecule has 1 aromatic heterocycles. The molecule has 0 radical (unpaired) electrons. The smallest absolute Gasteiger partial charge is 0.258 e. The molecule has 27 heavy (non-hydrogen) atoms. The Morgan fingerprint density at radius 1 is 1.19 bits per heavy atom. The molecule has 0 fully saturated rings. The maximum absolute atomic E-state index is 12.9. The lowest BCUT2D eigenvalue weighted by Gasteiger charge is -2.22. The van der Waals surface area contributed by atoms with Gasteiger partial charge in [0.1, 0.15) is 5.82 Å². The maximum atomic E-state index is 12.9. The Morgan fingerprint density at radius 2 is 1.93 bits per heavy atom. The first-order valence-electron chi connectivity index (χ1n) is 8.52. The van der Waals surface area contributed by atoms with Crippen molar-refractivity contribution < 1.29 is 9.53 Å². The summed E-state index contributed by atoms with van der Waals surface area (Å²) < 4.78 is 5.14. The fourth-order valence-electron chi connectivity index (χ4n) is 2.76. The Hall–Kier alpha value is -2.64. The minimum atomic E-state index is -0.209. The van der Waals surface area contributed by atoms with E-state index < -0.39 is 0 Å². The minimum Gasteiger partial charge on any atom is -0.383 e. The summed E-state index contributed by atoms with van der Waals surface area (Å²) in [5, 5.41) is 0.531. The number of carbonyl (C=O) groups is 1. The number of hydrogen-bond acceptors (Lipinski definition) is 5. The van der Waals surface area contributed by atoms with Crippen LogP contribution in [0.3, 0.4) is 0 Å². The zero-order valence-electron chi connectivity index (χ0n) is 15.3. The number of nitrogens with one attached hydrogen (secondary N) is 1. The number of ether oxygens (including phenoxy) is 1. The van der Waals surface area contributed by atoms with Gasteiger partial charge in [-0.25, -0.2) is 4.98 Å². The van der Waals surface area contributed by atoms with Gasteiger partial charge in [-0.3, -0.25) is 9.59 Å². The molecular weight excluding hydrogens is 362 g/mol. The molecule has 0 aliphatic rings. The Bertz CT molecular complexity index is 986. The summed E-state index contributed by atoms with van der Waals surface area (Å²) in [5.41, 5.74) is 0.991. The van der Waals surface area contributed by atoms with E-state index in [4.69, 9.17) is 4.74 Å². The van der Waals surface area contributed by atoms with Crippen LogP contribution in [0.1, 0.15) is 16.2 Å². The van der Waals surface area contributed by atoms with Gasteiger partial charge in [-0.15, -0.1) is 11.8 Å². The van der Waals surface area contributed by atoms with E-state index in [2.05, 4.69) is 9.97 Å².